The van der Waals surface area contributed by atoms with E-state index in [-0.39, 0.29) is 11.5 Å². The molecule has 1 N–H and O–H groups in total. The molecule has 0 spiro atoms. The van der Waals surface area contributed by atoms with Gasteiger partial charge in [-0.1, -0.05) is 20.8 Å². The van der Waals surface area contributed by atoms with E-state index in [9.17, 15) is 8.42 Å². The second-order valence-corrected chi connectivity index (χ2v) is 7.92. The Morgan fingerprint density at radius 1 is 1.07 bits per heavy atom. The third kappa shape index (κ3) is 2.11. The molecule has 1 saturated carbocycles. The van der Waals surface area contributed by atoms with E-state index in [0.717, 1.165) is 12.8 Å². The molecule has 1 fully saturated rings. The predicted octanol–water partition coefficient (Wildman–Crippen LogP) is 1.89. The van der Waals surface area contributed by atoms with Gasteiger partial charge in [0.2, 0.25) is 10.0 Å². The monoisotopic (exact) mass is 219 g/mol. The molecule has 1 aliphatic carbocycles. The summed E-state index contributed by atoms with van der Waals surface area (Å²) in [5.74, 6) is 0. The second-order valence-electron chi connectivity index (χ2n) is 5.66. The Balaban J connectivity index is 2.89. The van der Waals surface area contributed by atoms with Crippen molar-refractivity contribution in [1.82, 2.24) is 4.72 Å². The Morgan fingerprint density at radius 3 is 1.79 bits per heavy atom. The van der Waals surface area contributed by atoms with Gasteiger partial charge in [-0.05, 0) is 32.1 Å². The van der Waals surface area contributed by atoms with E-state index in [4.69, 9.17) is 0 Å². The van der Waals surface area contributed by atoms with Crippen LogP contribution in [-0.2, 0) is 10.0 Å². The number of hydrogen-bond acceptors (Lipinski definition) is 2. The molecule has 0 unspecified atom stereocenters. The van der Waals surface area contributed by atoms with Crippen LogP contribution in [0, 0.1) is 5.41 Å². The van der Waals surface area contributed by atoms with Crippen molar-refractivity contribution in [1.29, 1.82) is 0 Å². The molecule has 0 aromatic carbocycles. The summed E-state index contributed by atoms with van der Waals surface area (Å²) >= 11 is 0. The summed E-state index contributed by atoms with van der Waals surface area (Å²) in [4.78, 5) is 0. The zero-order valence-electron chi connectivity index (χ0n) is 9.72. The topological polar surface area (TPSA) is 46.2 Å². The molecule has 0 aliphatic heterocycles. The predicted molar refractivity (Wildman–Crippen MR) is 58.6 cm³/mol. The molecule has 0 heterocycles. The van der Waals surface area contributed by atoms with Gasteiger partial charge < -0.3 is 0 Å². The number of rotatable bonds is 3. The molecule has 1 aliphatic rings. The van der Waals surface area contributed by atoms with Crippen LogP contribution in [-0.4, -0.2) is 19.2 Å². The Labute approximate surface area is 87.3 Å². The van der Waals surface area contributed by atoms with Crippen LogP contribution in [0.25, 0.3) is 0 Å². The summed E-state index contributed by atoms with van der Waals surface area (Å²) in [6.45, 7) is 9.45. The van der Waals surface area contributed by atoms with Crippen LogP contribution in [0.4, 0.5) is 0 Å². The fourth-order valence-electron chi connectivity index (χ4n) is 0.971. The minimum Gasteiger partial charge on any atom is -0.212 e. The SMILES string of the molecule is CC(C)(C)C(C)(C)S(=O)(=O)NC1CC1. The molecule has 84 valence electrons. The van der Waals surface area contributed by atoms with Crippen molar-refractivity contribution >= 4 is 10.0 Å². The minimum atomic E-state index is -3.20. The molecule has 0 bridgehead atoms. The maximum atomic E-state index is 12.0. The van der Waals surface area contributed by atoms with Gasteiger partial charge in [0.1, 0.15) is 0 Å². The highest BCUT2D eigenvalue weighted by atomic mass is 32.2. The van der Waals surface area contributed by atoms with Crippen molar-refractivity contribution in [3.8, 4) is 0 Å². The molecular formula is C10H21NO2S. The van der Waals surface area contributed by atoms with Gasteiger partial charge in [-0.2, -0.15) is 0 Å². The Bertz CT molecular complexity index is 308. The van der Waals surface area contributed by atoms with Gasteiger partial charge in [-0.15, -0.1) is 0 Å². The maximum Gasteiger partial charge on any atom is 0.217 e. The van der Waals surface area contributed by atoms with Crippen LogP contribution >= 0.6 is 0 Å². The summed E-state index contributed by atoms with van der Waals surface area (Å²) in [6, 6.07) is 0.196. The largest absolute Gasteiger partial charge is 0.217 e. The summed E-state index contributed by atoms with van der Waals surface area (Å²) in [6.07, 6.45) is 1.97. The van der Waals surface area contributed by atoms with Crippen molar-refractivity contribution in [2.45, 2.75) is 58.2 Å². The summed E-state index contributed by atoms with van der Waals surface area (Å²) < 4.78 is 26.1. The van der Waals surface area contributed by atoms with Gasteiger partial charge in [-0.25, -0.2) is 13.1 Å². The lowest BCUT2D eigenvalue weighted by atomic mass is 9.83. The third-order valence-corrected chi connectivity index (χ3v) is 5.98. The Hall–Kier alpha value is -0.0900. The Morgan fingerprint density at radius 2 is 1.50 bits per heavy atom. The van der Waals surface area contributed by atoms with E-state index >= 15 is 0 Å². The molecule has 0 saturated heterocycles. The van der Waals surface area contributed by atoms with Crippen LogP contribution in [0.2, 0.25) is 0 Å². The smallest absolute Gasteiger partial charge is 0.212 e. The summed E-state index contributed by atoms with van der Waals surface area (Å²) in [5, 5.41) is 0. The number of nitrogens with one attached hydrogen (secondary N) is 1. The normalized spacial score (nSPS) is 19.8. The third-order valence-electron chi connectivity index (χ3n) is 3.38. The van der Waals surface area contributed by atoms with Gasteiger partial charge in [0.25, 0.3) is 0 Å². The molecule has 1 rings (SSSR count). The molecule has 0 radical (unpaired) electrons. The summed E-state index contributed by atoms with van der Waals surface area (Å²) in [7, 11) is -3.20. The van der Waals surface area contributed by atoms with E-state index in [1.54, 1.807) is 13.8 Å². The van der Waals surface area contributed by atoms with Gasteiger partial charge in [-0.3, -0.25) is 0 Å². The van der Waals surface area contributed by atoms with Crippen LogP contribution in [0.3, 0.4) is 0 Å². The lowest BCUT2D eigenvalue weighted by molar-refractivity contribution is 0.299. The highest BCUT2D eigenvalue weighted by Gasteiger charge is 2.46. The van der Waals surface area contributed by atoms with Crippen LogP contribution in [0.5, 0.6) is 0 Å². The highest BCUT2D eigenvalue weighted by Crippen LogP contribution is 2.37. The first-order valence-corrected chi connectivity index (χ1v) is 6.58. The van der Waals surface area contributed by atoms with Crippen molar-refractivity contribution < 1.29 is 8.42 Å². The van der Waals surface area contributed by atoms with Crippen molar-refractivity contribution in [2.24, 2.45) is 5.41 Å². The minimum absolute atomic E-state index is 0.196. The lowest BCUT2D eigenvalue weighted by Gasteiger charge is -2.37. The standard InChI is InChI=1S/C10H21NO2S/c1-9(2,3)10(4,5)14(12,13)11-8-6-7-8/h8,11H,6-7H2,1-5H3. The maximum absolute atomic E-state index is 12.0. The fraction of sp³-hybridized carbons (Fsp3) is 1.00. The molecule has 14 heavy (non-hydrogen) atoms. The fourth-order valence-corrected chi connectivity index (χ4v) is 2.75. The van der Waals surface area contributed by atoms with Gasteiger partial charge in [0.05, 0.1) is 4.75 Å². The number of sulfonamides is 1. The highest BCUT2D eigenvalue weighted by molar-refractivity contribution is 7.90. The quantitative estimate of drug-likeness (QED) is 0.788. The molecule has 4 heteroatoms. The van der Waals surface area contributed by atoms with Crippen molar-refractivity contribution in [2.75, 3.05) is 0 Å². The average molecular weight is 219 g/mol. The zero-order chi connectivity index (χ0) is 11.2. The van der Waals surface area contributed by atoms with E-state index in [0.29, 0.717) is 0 Å². The van der Waals surface area contributed by atoms with E-state index in [1.165, 1.54) is 0 Å². The van der Waals surface area contributed by atoms with Crippen molar-refractivity contribution in [3.63, 3.8) is 0 Å². The molecule has 0 amide bonds. The zero-order valence-corrected chi connectivity index (χ0v) is 10.5. The molecule has 0 aromatic rings. The van der Waals surface area contributed by atoms with Gasteiger partial charge in [0.15, 0.2) is 0 Å². The van der Waals surface area contributed by atoms with E-state index in [1.807, 2.05) is 20.8 Å². The molecule has 0 aromatic heterocycles. The lowest BCUT2D eigenvalue weighted by Crippen LogP contribution is -2.50. The first kappa shape index (κ1) is 12.0. The van der Waals surface area contributed by atoms with E-state index < -0.39 is 14.8 Å². The van der Waals surface area contributed by atoms with Gasteiger partial charge in [0, 0.05) is 6.04 Å². The summed E-state index contributed by atoms with van der Waals surface area (Å²) in [5.41, 5.74) is -0.256. The molecular weight excluding hydrogens is 198 g/mol. The first-order valence-electron chi connectivity index (χ1n) is 5.10. The van der Waals surface area contributed by atoms with Crippen LogP contribution in [0.1, 0.15) is 47.5 Å². The molecule has 0 atom stereocenters. The van der Waals surface area contributed by atoms with Gasteiger partial charge >= 0.3 is 0 Å². The van der Waals surface area contributed by atoms with E-state index in [2.05, 4.69) is 4.72 Å². The van der Waals surface area contributed by atoms with Crippen LogP contribution < -0.4 is 4.72 Å². The first-order chi connectivity index (χ1) is 6.08. The van der Waals surface area contributed by atoms with Crippen molar-refractivity contribution in [3.05, 3.63) is 0 Å². The Kier molecular flexibility index (Phi) is 2.74. The second kappa shape index (κ2) is 3.20. The molecule has 3 nitrogen and oxygen atoms in total. The van der Waals surface area contributed by atoms with Crippen LogP contribution in [0.15, 0.2) is 0 Å². The average Bonchev–Trinajstić information content (AvgIpc) is 2.67. The number of hydrogen-bond donors (Lipinski definition) is 1.